The molecule has 4 heteroatoms. The summed E-state index contributed by atoms with van der Waals surface area (Å²) in [6.07, 6.45) is 1.80. The number of ether oxygens (including phenoxy) is 2. The Labute approximate surface area is 134 Å². The molecule has 2 aromatic carbocycles. The van der Waals surface area contributed by atoms with E-state index in [2.05, 4.69) is 34.0 Å². The molecule has 0 N–H and O–H groups in total. The number of hydrogen-bond acceptors (Lipinski definition) is 4. The Morgan fingerprint density at radius 2 is 1.87 bits per heavy atom. The van der Waals surface area contributed by atoms with Gasteiger partial charge in [-0.1, -0.05) is 42.5 Å². The third-order valence-corrected chi connectivity index (χ3v) is 3.63. The largest absolute Gasteiger partial charge is 0.487 e. The first kappa shape index (κ1) is 15.0. The highest BCUT2D eigenvalue weighted by atomic mass is 16.5. The van der Waals surface area contributed by atoms with Crippen molar-refractivity contribution in [3.63, 3.8) is 0 Å². The number of benzene rings is 2. The van der Waals surface area contributed by atoms with Gasteiger partial charge in [0.2, 0.25) is 0 Å². The average molecular weight is 307 g/mol. The zero-order chi connectivity index (χ0) is 16.1. The molecule has 1 heterocycles. The van der Waals surface area contributed by atoms with E-state index in [1.54, 1.807) is 12.3 Å². The minimum absolute atomic E-state index is 0.167. The van der Waals surface area contributed by atoms with Gasteiger partial charge in [0, 0.05) is 0 Å². The zero-order valence-electron chi connectivity index (χ0n) is 12.9. The van der Waals surface area contributed by atoms with E-state index in [0.29, 0.717) is 18.1 Å². The van der Waals surface area contributed by atoms with Gasteiger partial charge in [-0.05, 0) is 28.5 Å². The molecule has 0 bridgehead atoms. The molecule has 3 aromatic rings. The minimum Gasteiger partial charge on any atom is -0.487 e. The van der Waals surface area contributed by atoms with E-state index in [0.717, 1.165) is 5.56 Å². The lowest BCUT2D eigenvalue weighted by Gasteiger charge is -2.09. The lowest BCUT2D eigenvalue weighted by atomic mass is 10.1. The van der Waals surface area contributed by atoms with Crippen LogP contribution in [0.25, 0.3) is 10.8 Å². The number of carbonyl (C=O) groups excluding carboxylic acids is 1. The molecule has 116 valence electrons. The fourth-order valence-electron chi connectivity index (χ4n) is 2.40. The van der Waals surface area contributed by atoms with Gasteiger partial charge in [0.15, 0.2) is 0 Å². The fraction of sp³-hybridized carbons (Fsp3) is 0.158. The number of carbonyl (C=O) groups is 1. The summed E-state index contributed by atoms with van der Waals surface area (Å²) in [5, 5.41) is 2.38. The molecule has 1 aromatic heterocycles. The van der Waals surface area contributed by atoms with Crippen LogP contribution in [-0.2, 0) is 22.6 Å². The molecule has 0 saturated carbocycles. The summed E-state index contributed by atoms with van der Waals surface area (Å²) in [6, 6.07) is 18.0. The van der Waals surface area contributed by atoms with E-state index in [1.807, 2.05) is 24.3 Å². The molecule has 3 rings (SSSR count). The van der Waals surface area contributed by atoms with Crippen LogP contribution in [0.15, 0.2) is 60.8 Å². The second kappa shape index (κ2) is 6.92. The lowest BCUT2D eigenvalue weighted by Crippen LogP contribution is -2.06. The van der Waals surface area contributed by atoms with Crippen LogP contribution >= 0.6 is 0 Å². The van der Waals surface area contributed by atoms with Crippen molar-refractivity contribution in [1.29, 1.82) is 0 Å². The van der Waals surface area contributed by atoms with E-state index in [4.69, 9.17) is 4.74 Å². The topological polar surface area (TPSA) is 48.4 Å². The van der Waals surface area contributed by atoms with Crippen molar-refractivity contribution >= 4 is 16.7 Å². The number of hydrogen-bond donors (Lipinski definition) is 0. The second-order valence-corrected chi connectivity index (χ2v) is 5.17. The number of methoxy groups -OCH3 is 1. The van der Waals surface area contributed by atoms with Crippen molar-refractivity contribution < 1.29 is 14.3 Å². The van der Waals surface area contributed by atoms with Gasteiger partial charge in [-0.2, -0.15) is 0 Å². The number of fused-ring (bicyclic) bond motifs is 1. The minimum atomic E-state index is -0.304. The van der Waals surface area contributed by atoms with Gasteiger partial charge in [-0.15, -0.1) is 0 Å². The van der Waals surface area contributed by atoms with Crippen molar-refractivity contribution in [3.8, 4) is 5.75 Å². The normalized spacial score (nSPS) is 10.5. The van der Waals surface area contributed by atoms with Gasteiger partial charge in [0.1, 0.15) is 12.4 Å². The number of rotatable bonds is 5. The van der Waals surface area contributed by atoms with E-state index in [1.165, 1.54) is 17.9 Å². The van der Waals surface area contributed by atoms with E-state index >= 15 is 0 Å². The Morgan fingerprint density at radius 3 is 2.65 bits per heavy atom. The maximum atomic E-state index is 11.2. The smallest absolute Gasteiger partial charge is 0.311 e. The number of nitrogens with zero attached hydrogens (tertiary/aromatic N) is 1. The Morgan fingerprint density at radius 1 is 1.04 bits per heavy atom. The maximum absolute atomic E-state index is 11.2. The quantitative estimate of drug-likeness (QED) is 0.677. The Kier molecular flexibility index (Phi) is 4.52. The third kappa shape index (κ3) is 3.66. The number of pyridine rings is 1. The van der Waals surface area contributed by atoms with Crippen LogP contribution in [0.1, 0.15) is 11.3 Å². The summed E-state index contributed by atoms with van der Waals surface area (Å²) in [7, 11) is 1.37. The van der Waals surface area contributed by atoms with E-state index in [9.17, 15) is 4.79 Å². The molecule has 0 atom stereocenters. The highest BCUT2D eigenvalue weighted by Gasteiger charge is 2.05. The molecule has 0 saturated heterocycles. The van der Waals surface area contributed by atoms with Gasteiger partial charge in [0.05, 0.1) is 25.4 Å². The number of esters is 1. The monoisotopic (exact) mass is 307 g/mol. The second-order valence-electron chi connectivity index (χ2n) is 5.17. The molecule has 4 nitrogen and oxygen atoms in total. The standard InChI is InChI=1S/C19H17NO3/c1-22-19(21)11-16-9-10-17(12-20-16)23-13-15-7-4-6-14-5-2-3-8-18(14)15/h2-10,12H,11,13H2,1H3. The molecule has 0 spiro atoms. The predicted molar refractivity (Wildman–Crippen MR) is 88.2 cm³/mol. The third-order valence-electron chi connectivity index (χ3n) is 3.63. The van der Waals surface area contributed by atoms with E-state index in [-0.39, 0.29) is 12.4 Å². The number of aromatic nitrogens is 1. The molecule has 0 amide bonds. The van der Waals surface area contributed by atoms with Crippen LogP contribution in [0.2, 0.25) is 0 Å². The van der Waals surface area contributed by atoms with Crippen molar-refractivity contribution in [2.45, 2.75) is 13.0 Å². The molecule has 23 heavy (non-hydrogen) atoms. The molecular formula is C19H17NO3. The maximum Gasteiger partial charge on any atom is 0.311 e. The van der Waals surface area contributed by atoms with Gasteiger partial charge in [-0.25, -0.2) is 0 Å². The zero-order valence-corrected chi connectivity index (χ0v) is 12.9. The first-order valence-corrected chi connectivity index (χ1v) is 7.37. The van der Waals surface area contributed by atoms with Crippen molar-refractivity contribution in [2.75, 3.05) is 7.11 Å². The first-order valence-electron chi connectivity index (χ1n) is 7.37. The van der Waals surface area contributed by atoms with Crippen LogP contribution in [0.4, 0.5) is 0 Å². The van der Waals surface area contributed by atoms with Crippen LogP contribution in [0.3, 0.4) is 0 Å². The molecular weight excluding hydrogens is 290 g/mol. The molecule has 0 unspecified atom stereocenters. The Hall–Kier alpha value is -2.88. The summed E-state index contributed by atoms with van der Waals surface area (Å²) < 4.78 is 10.4. The average Bonchev–Trinajstić information content (AvgIpc) is 2.61. The molecule has 0 aliphatic carbocycles. The van der Waals surface area contributed by atoms with Gasteiger partial charge in [0.25, 0.3) is 0 Å². The molecule has 0 radical (unpaired) electrons. The van der Waals surface area contributed by atoms with Gasteiger partial charge in [-0.3, -0.25) is 9.78 Å². The molecule has 0 fully saturated rings. The van der Waals surface area contributed by atoms with Crippen LogP contribution < -0.4 is 4.74 Å². The molecule has 0 aliphatic heterocycles. The molecule has 0 aliphatic rings. The fourth-order valence-corrected chi connectivity index (χ4v) is 2.40. The van der Waals surface area contributed by atoms with Gasteiger partial charge >= 0.3 is 5.97 Å². The van der Waals surface area contributed by atoms with Crippen LogP contribution in [0, 0.1) is 0 Å². The van der Waals surface area contributed by atoms with E-state index < -0.39 is 0 Å². The van der Waals surface area contributed by atoms with Crippen LogP contribution in [0.5, 0.6) is 5.75 Å². The highest BCUT2D eigenvalue weighted by molar-refractivity contribution is 5.85. The first-order chi connectivity index (χ1) is 11.3. The van der Waals surface area contributed by atoms with Crippen molar-refractivity contribution in [1.82, 2.24) is 4.98 Å². The van der Waals surface area contributed by atoms with Gasteiger partial charge < -0.3 is 9.47 Å². The lowest BCUT2D eigenvalue weighted by molar-refractivity contribution is -0.139. The van der Waals surface area contributed by atoms with Crippen molar-refractivity contribution in [3.05, 3.63) is 72.1 Å². The Balaban J connectivity index is 1.69. The summed E-state index contributed by atoms with van der Waals surface area (Å²) in [4.78, 5) is 15.4. The summed E-state index contributed by atoms with van der Waals surface area (Å²) in [6.45, 7) is 0.472. The predicted octanol–water partition coefficient (Wildman–Crippen LogP) is 3.53. The summed E-state index contributed by atoms with van der Waals surface area (Å²) in [5.41, 5.74) is 1.79. The van der Waals surface area contributed by atoms with Crippen molar-refractivity contribution in [2.24, 2.45) is 0 Å². The summed E-state index contributed by atoms with van der Waals surface area (Å²) >= 11 is 0. The summed E-state index contributed by atoms with van der Waals surface area (Å²) in [5.74, 6) is 0.369. The SMILES string of the molecule is COC(=O)Cc1ccc(OCc2cccc3ccccc23)cn1. The Bertz CT molecular complexity index is 807. The highest BCUT2D eigenvalue weighted by Crippen LogP contribution is 2.20. The van der Waals surface area contributed by atoms with Crippen LogP contribution in [-0.4, -0.2) is 18.1 Å².